The molecule has 0 amide bonds. The Morgan fingerprint density at radius 2 is 1.32 bits per heavy atom. The van der Waals surface area contributed by atoms with Crippen molar-refractivity contribution in [2.75, 3.05) is 20.7 Å². The number of nitrogens with zero attached hydrogens (tertiary/aromatic N) is 1. The lowest BCUT2D eigenvalue weighted by molar-refractivity contribution is -0.147. The van der Waals surface area contributed by atoms with Crippen molar-refractivity contribution in [3.05, 3.63) is 0 Å². The molecule has 0 aromatic carbocycles. The Hall–Kier alpha value is -0.290. The van der Waals surface area contributed by atoms with Crippen LogP contribution in [0.5, 0.6) is 0 Å². The minimum Gasteiger partial charge on any atom is -0.376 e. The Balaban J connectivity index is 0. The molecule has 1 atom stereocenters. The summed E-state index contributed by atoms with van der Waals surface area (Å²) in [5, 5.41) is 28.6. The van der Waals surface area contributed by atoms with Crippen molar-refractivity contribution in [2.24, 2.45) is 0 Å². The third kappa shape index (κ3) is 19.0. The van der Waals surface area contributed by atoms with Crippen LogP contribution in [0.15, 0.2) is 0 Å². The van der Waals surface area contributed by atoms with Gasteiger partial charge >= 0.3 is 10.4 Å². The topological polar surface area (TPSA) is 128 Å². The molecule has 4 N–H and O–H groups in total. The summed E-state index contributed by atoms with van der Waals surface area (Å²) in [7, 11) is -1.54. The first-order valence-electron chi connectivity index (χ1n) is 10.3. The molecular formula is C19H43NO7S. The molecule has 0 aliphatic rings. The van der Waals surface area contributed by atoms with E-state index in [0.29, 0.717) is 12.8 Å². The van der Waals surface area contributed by atoms with E-state index < -0.39 is 22.4 Å². The van der Waals surface area contributed by atoms with Gasteiger partial charge in [-0.3, -0.25) is 13.6 Å². The van der Waals surface area contributed by atoms with Gasteiger partial charge in [-0.1, -0.05) is 71.6 Å². The fourth-order valence-corrected chi connectivity index (χ4v) is 2.95. The van der Waals surface area contributed by atoms with E-state index in [2.05, 4.69) is 11.1 Å². The fraction of sp³-hybridized carbons (Fsp3) is 1.00. The van der Waals surface area contributed by atoms with Crippen molar-refractivity contribution < 1.29 is 32.5 Å². The zero-order valence-electron chi connectivity index (χ0n) is 18.1. The van der Waals surface area contributed by atoms with Gasteiger partial charge in [0.25, 0.3) is 0 Å². The molecule has 0 aromatic rings. The summed E-state index contributed by atoms with van der Waals surface area (Å²) in [6.07, 6.45) is 12.7. The van der Waals surface area contributed by atoms with Crippen LogP contribution in [-0.2, 0) is 14.6 Å². The van der Waals surface area contributed by atoms with Crippen LogP contribution in [-0.4, -0.2) is 65.9 Å². The van der Waals surface area contributed by atoms with Gasteiger partial charge in [-0.15, -0.1) is 0 Å². The van der Waals surface area contributed by atoms with E-state index in [9.17, 15) is 13.5 Å². The summed E-state index contributed by atoms with van der Waals surface area (Å²) < 4.78 is 29.7. The molecule has 0 fully saturated rings. The van der Waals surface area contributed by atoms with Gasteiger partial charge in [0.15, 0.2) is 6.29 Å². The predicted molar refractivity (Wildman–Crippen MR) is 111 cm³/mol. The number of aliphatic hydroxyl groups excluding tert-OH is 1. The van der Waals surface area contributed by atoms with Crippen LogP contribution in [0.4, 0.5) is 0 Å². The van der Waals surface area contributed by atoms with E-state index in [0.717, 1.165) is 20.0 Å². The molecule has 0 spiro atoms. The van der Waals surface area contributed by atoms with Gasteiger partial charge in [-0.25, -0.2) is 0 Å². The van der Waals surface area contributed by atoms with E-state index in [-0.39, 0.29) is 6.54 Å². The lowest BCUT2D eigenvalue weighted by Crippen LogP contribution is -2.49. The van der Waals surface area contributed by atoms with Gasteiger partial charge in [0.05, 0.1) is 13.7 Å². The van der Waals surface area contributed by atoms with Crippen LogP contribution in [0.3, 0.4) is 0 Å². The quantitative estimate of drug-likeness (QED) is 0.167. The number of likely N-dealkylation sites (N-methyl/N-ethyl adjacent to an activating group) is 1. The van der Waals surface area contributed by atoms with Crippen LogP contribution >= 0.6 is 0 Å². The fourth-order valence-electron chi connectivity index (χ4n) is 2.95. The third-order valence-electron chi connectivity index (χ3n) is 4.86. The summed E-state index contributed by atoms with van der Waals surface area (Å²) in [5.74, 6) is 0. The maximum Gasteiger partial charge on any atom is 0.397 e. The minimum atomic E-state index is -4.16. The first kappa shape index (κ1) is 29.9. The van der Waals surface area contributed by atoms with Crippen LogP contribution in [0, 0.1) is 0 Å². The maximum absolute atomic E-state index is 10.6. The Kier molecular flexibility index (Phi) is 18.8. The zero-order chi connectivity index (χ0) is 22.1. The van der Waals surface area contributed by atoms with Crippen LogP contribution in [0.1, 0.15) is 90.9 Å². The number of rotatable bonds is 16. The Morgan fingerprint density at radius 3 is 1.64 bits per heavy atom. The Labute approximate surface area is 171 Å². The predicted octanol–water partition coefficient (Wildman–Crippen LogP) is 3.07. The number of hydrogen-bond donors (Lipinski definition) is 4. The minimum absolute atomic E-state index is 0.0854. The van der Waals surface area contributed by atoms with Crippen molar-refractivity contribution in [3.8, 4) is 0 Å². The highest BCUT2D eigenvalue weighted by molar-refractivity contribution is 7.80. The first-order valence-corrected chi connectivity index (χ1v) is 11.7. The number of unbranched alkanes of at least 4 members (excludes halogenated alkanes) is 9. The van der Waals surface area contributed by atoms with Gasteiger partial charge in [-0.2, -0.15) is 8.42 Å². The molecule has 0 bridgehead atoms. The van der Waals surface area contributed by atoms with Gasteiger partial charge in [0.1, 0.15) is 5.72 Å². The number of hydrogen-bond acceptors (Lipinski definition) is 7. The monoisotopic (exact) mass is 429 g/mol. The average Bonchev–Trinajstić information content (AvgIpc) is 2.62. The van der Waals surface area contributed by atoms with Crippen molar-refractivity contribution >= 4 is 10.4 Å². The standard InChI is InChI=1S/C18H39NO3.CH4O4S/c1-4-6-7-8-9-10-11-12-13-14-15-18(22,5-2)19(3)16-17(20)21;1-5-6(2,3)4/h17,20-22H,4-16H2,1-3H3;1H3,(H,2,3,4). The summed E-state index contributed by atoms with van der Waals surface area (Å²) in [6, 6.07) is 0. The molecule has 0 saturated heterocycles. The van der Waals surface area contributed by atoms with E-state index >= 15 is 0 Å². The molecule has 9 heteroatoms. The maximum atomic E-state index is 10.6. The molecule has 0 heterocycles. The molecule has 28 heavy (non-hydrogen) atoms. The lowest BCUT2D eigenvalue weighted by Gasteiger charge is -2.37. The molecule has 0 aliphatic carbocycles. The van der Waals surface area contributed by atoms with Gasteiger partial charge in [0, 0.05) is 0 Å². The second kappa shape index (κ2) is 17.6. The molecular weight excluding hydrogens is 386 g/mol. The highest BCUT2D eigenvalue weighted by Crippen LogP contribution is 2.23. The molecule has 172 valence electrons. The smallest absolute Gasteiger partial charge is 0.376 e. The Bertz CT molecular complexity index is 446. The SMILES string of the molecule is CCCCCCCCCCCCC(O)(CC)N(C)CC(O)O.COS(=O)(=O)O. The van der Waals surface area contributed by atoms with Gasteiger partial charge < -0.3 is 15.3 Å². The second-order valence-electron chi connectivity index (χ2n) is 7.22. The van der Waals surface area contributed by atoms with E-state index in [1.807, 2.05) is 6.92 Å². The third-order valence-corrected chi connectivity index (χ3v) is 5.28. The molecule has 0 radical (unpaired) electrons. The highest BCUT2D eigenvalue weighted by atomic mass is 32.3. The molecule has 0 rings (SSSR count). The largest absolute Gasteiger partial charge is 0.397 e. The lowest BCUT2D eigenvalue weighted by atomic mass is 9.99. The summed E-state index contributed by atoms with van der Waals surface area (Å²) in [6.45, 7) is 4.27. The Morgan fingerprint density at radius 1 is 0.929 bits per heavy atom. The van der Waals surface area contributed by atoms with Crippen molar-refractivity contribution in [2.45, 2.75) is 103 Å². The molecule has 8 nitrogen and oxygen atoms in total. The van der Waals surface area contributed by atoms with Crippen LogP contribution in [0.2, 0.25) is 0 Å². The molecule has 0 saturated carbocycles. The summed E-state index contributed by atoms with van der Waals surface area (Å²) >= 11 is 0. The second-order valence-corrected chi connectivity index (χ2v) is 8.41. The van der Waals surface area contributed by atoms with Crippen molar-refractivity contribution in [1.82, 2.24) is 4.90 Å². The van der Waals surface area contributed by atoms with Crippen LogP contribution < -0.4 is 0 Å². The number of aliphatic hydroxyl groups is 3. The van der Waals surface area contributed by atoms with E-state index in [4.69, 9.17) is 14.8 Å². The van der Waals surface area contributed by atoms with Crippen LogP contribution in [0.25, 0.3) is 0 Å². The van der Waals surface area contributed by atoms with Gasteiger partial charge in [0.2, 0.25) is 0 Å². The normalized spacial score (nSPS) is 14.1. The molecule has 0 aromatic heterocycles. The van der Waals surface area contributed by atoms with E-state index in [1.165, 1.54) is 51.4 Å². The van der Waals surface area contributed by atoms with Crippen molar-refractivity contribution in [1.29, 1.82) is 0 Å². The highest BCUT2D eigenvalue weighted by Gasteiger charge is 2.29. The molecule has 0 aliphatic heterocycles. The molecule has 1 unspecified atom stereocenters. The van der Waals surface area contributed by atoms with Crippen molar-refractivity contribution in [3.63, 3.8) is 0 Å². The zero-order valence-corrected chi connectivity index (χ0v) is 19.0. The average molecular weight is 430 g/mol. The van der Waals surface area contributed by atoms with E-state index in [1.54, 1.807) is 11.9 Å². The van der Waals surface area contributed by atoms with Gasteiger partial charge in [-0.05, 0) is 26.3 Å². The first-order chi connectivity index (χ1) is 13.0. The summed E-state index contributed by atoms with van der Waals surface area (Å²) in [5.41, 5.74) is -0.913. The summed E-state index contributed by atoms with van der Waals surface area (Å²) in [4.78, 5) is 1.66.